The van der Waals surface area contributed by atoms with E-state index >= 15 is 0 Å². The predicted octanol–water partition coefficient (Wildman–Crippen LogP) is 2.85. The Balaban J connectivity index is 2.58. The highest BCUT2D eigenvalue weighted by Crippen LogP contribution is 2.34. The number of aromatic nitrogens is 2. The maximum Gasteiger partial charge on any atom is 0.433 e. The number of ether oxygens (including phenoxy) is 1. The Morgan fingerprint density at radius 2 is 1.95 bits per heavy atom. The molecule has 21 heavy (non-hydrogen) atoms. The standard InChI is InChI=1S/C13H13F3N4O/c1-2-21-10-6-4-3-5-8(10)9-7-11(13(14,15)16)19-12(18-9)20-17/h3-7H,2,17H2,1H3,(H,18,19,20). The highest BCUT2D eigenvalue weighted by molar-refractivity contribution is 5.68. The first-order valence-corrected chi connectivity index (χ1v) is 6.10. The third-order valence-electron chi connectivity index (χ3n) is 2.61. The quantitative estimate of drug-likeness (QED) is 0.670. The van der Waals surface area contributed by atoms with Crippen LogP contribution in [0.1, 0.15) is 12.6 Å². The first-order chi connectivity index (χ1) is 9.95. The van der Waals surface area contributed by atoms with E-state index in [9.17, 15) is 13.2 Å². The van der Waals surface area contributed by atoms with Gasteiger partial charge in [0.2, 0.25) is 5.95 Å². The van der Waals surface area contributed by atoms with Gasteiger partial charge in [0, 0.05) is 5.56 Å². The van der Waals surface area contributed by atoms with Gasteiger partial charge in [-0.1, -0.05) is 12.1 Å². The lowest BCUT2D eigenvalue weighted by molar-refractivity contribution is -0.141. The molecule has 0 aliphatic carbocycles. The summed E-state index contributed by atoms with van der Waals surface area (Å²) in [6.45, 7) is 2.17. The van der Waals surface area contributed by atoms with Gasteiger partial charge in [-0.25, -0.2) is 15.8 Å². The summed E-state index contributed by atoms with van der Waals surface area (Å²) in [7, 11) is 0. The highest BCUT2D eigenvalue weighted by Gasteiger charge is 2.34. The van der Waals surface area contributed by atoms with Gasteiger partial charge >= 0.3 is 6.18 Å². The summed E-state index contributed by atoms with van der Waals surface area (Å²) in [6.07, 6.45) is -4.59. The van der Waals surface area contributed by atoms with Crippen LogP contribution in [0.4, 0.5) is 19.1 Å². The number of nitrogens with two attached hydrogens (primary N) is 1. The SMILES string of the molecule is CCOc1ccccc1-c1cc(C(F)(F)F)nc(NN)n1. The van der Waals surface area contributed by atoms with Crippen molar-refractivity contribution < 1.29 is 17.9 Å². The van der Waals surface area contributed by atoms with Crippen LogP contribution >= 0.6 is 0 Å². The number of hydrazine groups is 1. The Kier molecular flexibility index (Phi) is 4.27. The molecular weight excluding hydrogens is 285 g/mol. The maximum atomic E-state index is 12.9. The zero-order valence-corrected chi connectivity index (χ0v) is 11.1. The molecule has 2 aromatic rings. The van der Waals surface area contributed by atoms with Crippen molar-refractivity contribution in [1.82, 2.24) is 9.97 Å². The Bertz CT molecular complexity index is 631. The molecule has 0 unspecified atom stereocenters. The van der Waals surface area contributed by atoms with Crippen LogP contribution in [-0.4, -0.2) is 16.6 Å². The van der Waals surface area contributed by atoms with Gasteiger partial charge in [-0.3, -0.25) is 5.43 Å². The molecule has 0 amide bonds. The molecule has 0 radical (unpaired) electrons. The van der Waals surface area contributed by atoms with E-state index in [1.54, 1.807) is 31.2 Å². The van der Waals surface area contributed by atoms with Crippen molar-refractivity contribution in [2.24, 2.45) is 5.84 Å². The van der Waals surface area contributed by atoms with E-state index in [0.29, 0.717) is 17.9 Å². The minimum atomic E-state index is -4.59. The van der Waals surface area contributed by atoms with Gasteiger partial charge in [0.15, 0.2) is 5.69 Å². The lowest BCUT2D eigenvalue weighted by Gasteiger charge is -2.13. The molecule has 0 aliphatic rings. The van der Waals surface area contributed by atoms with Crippen molar-refractivity contribution in [2.45, 2.75) is 13.1 Å². The number of halogens is 3. The van der Waals surface area contributed by atoms with Gasteiger partial charge in [-0.2, -0.15) is 13.2 Å². The first-order valence-electron chi connectivity index (χ1n) is 6.10. The second-order valence-electron chi connectivity index (χ2n) is 4.03. The summed E-state index contributed by atoms with van der Waals surface area (Å²) in [6, 6.07) is 7.54. The maximum absolute atomic E-state index is 12.9. The summed E-state index contributed by atoms with van der Waals surface area (Å²) < 4.78 is 44.0. The number of hydrogen-bond donors (Lipinski definition) is 2. The van der Waals surface area contributed by atoms with E-state index in [4.69, 9.17) is 10.6 Å². The van der Waals surface area contributed by atoms with Crippen LogP contribution in [0.25, 0.3) is 11.3 Å². The molecule has 0 saturated carbocycles. The van der Waals surface area contributed by atoms with E-state index in [2.05, 4.69) is 9.97 Å². The van der Waals surface area contributed by atoms with Crippen molar-refractivity contribution >= 4 is 5.95 Å². The van der Waals surface area contributed by atoms with Gasteiger partial charge in [-0.05, 0) is 25.1 Å². The second kappa shape index (κ2) is 5.96. The Labute approximate surface area is 118 Å². The normalized spacial score (nSPS) is 11.3. The topological polar surface area (TPSA) is 73.1 Å². The van der Waals surface area contributed by atoms with Gasteiger partial charge in [-0.15, -0.1) is 0 Å². The number of alkyl halides is 3. The minimum Gasteiger partial charge on any atom is -0.493 e. The average Bonchev–Trinajstić information content (AvgIpc) is 2.47. The Hall–Kier alpha value is -2.35. The van der Waals surface area contributed by atoms with Crippen molar-refractivity contribution in [1.29, 1.82) is 0 Å². The van der Waals surface area contributed by atoms with Crippen LogP contribution in [0.2, 0.25) is 0 Å². The number of nitrogens with zero attached hydrogens (tertiary/aromatic N) is 2. The van der Waals surface area contributed by atoms with E-state index < -0.39 is 11.9 Å². The number of hydrogen-bond acceptors (Lipinski definition) is 5. The number of nitrogen functional groups attached to an aromatic ring is 1. The lowest BCUT2D eigenvalue weighted by Crippen LogP contribution is -2.16. The molecule has 0 atom stereocenters. The van der Waals surface area contributed by atoms with E-state index in [-0.39, 0.29) is 11.6 Å². The molecule has 0 fully saturated rings. The van der Waals surface area contributed by atoms with Crippen LogP contribution in [0, 0.1) is 0 Å². The summed E-state index contributed by atoms with van der Waals surface area (Å²) in [5.74, 6) is 5.26. The zero-order valence-electron chi connectivity index (χ0n) is 11.1. The van der Waals surface area contributed by atoms with Crippen LogP contribution in [0.5, 0.6) is 5.75 Å². The number of rotatable bonds is 4. The predicted molar refractivity (Wildman–Crippen MR) is 71.4 cm³/mol. The fourth-order valence-corrected chi connectivity index (χ4v) is 1.75. The Morgan fingerprint density at radius 1 is 1.24 bits per heavy atom. The van der Waals surface area contributed by atoms with Gasteiger partial charge in [0.25, 0.3) is 0 Å². The molecule has 5 nitrogen and oxygen atoms in total. The van der Waals surface area contributed by atoms with E-state index in [1.807, 2.05) is 5.43 Å². The number of para-hydroxylation sites is 1. The van der Waals surface area contributed by atoms with Crippen LogP contribution in [-0.2, 0) is 6.18 Å². The van der Waals surface area contributed by atoms with E-state index in [0.717, 1.165) is 6.07 Å². The number of nitrogens with one attached hydrogen (secondary N) is 1. The zero-order chi connectivity index (χ0) is 15.5. The molecule has 1 heterocycles. The smallest absolute Gasteiger partial charge is 0.433 e. The van der Waals surface area contributed by atoms with Crippen molar-refractivity contribution in [3.63, 3.8) is 0 Å². The molecular formula is C13H13F3N4O. The molecule has 2 rings (SSSR count). The summed E-state index contributed by atoms with van der Waals surface area (Å²) in [5.41, 5.74) is 1.47. The average molecular weight is 298 g/mol. The van der Waals surface area contributed by atoms with Crippen molar-refractivity contribution in [2.75, 3.05) is 12.0 Å². The summed E-state index contributed by atoms with van der Waals surface area (Å²) in [5, 5.41) is 0. The molecule has 0 aliphatic heterocycles. The monoisotopic (exact) mass is 298 g/mol. The molecule has 112 valence electrons. The molecule has 0 spiro atoms. The fourth-order valence-electron chi connectivity index (χ4n) is 1.75. The largest absolute Gasteiger partial charge is 0.493 e. The minimum absolute atomic E-state index is 0.0781. The third kappa shape index (κ3) is 3.40. The lowest BCUT2D eigenvalue weighted by atomic mass is 10.1. The van der Waals surface area contributed by atoms with E-state index in [1.165, 1.54) is 0 Å². The highest BCUT2D eigenvalue weighted by atomic mass is 19.4. The molecule has 1 aromatic heterocycles. The van der Waals surface area contributed by atoms with Gasteiger partial charge in [0.05, 0.1) is 12.3 Å². The summed E-state index contributed by atoms with van der Waals surface area (Å²) >= 11 is 0. The second-order valence-corrected chi connectivity index (χ2v) is 4.03. The number of anilines is 1. The fraction of sp³-hybridized carbons (Fsp3) is 0.231. The van der Waals surface area contributed by atoms with Crippen molar-refractivity contribution in [3.05, 3.63) is 36.0 Å². The molecule has 0 bridgehead atoms. The van der Waals surface area contributed by atoms with Gasteiger partial charge in [0.1, 0.15) is 5.75 Å². The number of benzene rings is 1. The summed E-state index contributed by atoms with van der Waals surface area (Å²) in [4.78, 5) is 7.26. The molecule has 1 aromatic carbocycles. The Morgan fingerprint density at radius 3 is 2.57 bits per heavy atom. The molecule has 8 heteroatoms. The van der Waals surface area contributed by atoms with Crippen LogP contribution < -0.4 is 16.0 Å². The van der Waals surface area contributed by atoms with Crippen LogP contribution in [0.3, 0.4) is 0 Å². The van der Waals surface area contributed by atoms with Crippen LogP contribution in [0.15, 0.2) is 30.3 Å². The van der Waals surface area contributed by atoms with Crippen molar-refractivity contribution in [3.8, 4) is 17.0 Å². The van der Waals surface area contributed by atoms with Gasteiger partial charge < -0.3 is 4.74 Å². The molecule has 3 N–H and O–H groups in total. The molecule has 0 saturated heterocycles. The first kappa shape index (κ1) is 15.0. The third-order valence-corrected chi connectivity index (χ3v) is 2.61.